The number of phenolic OH excluding ortho intramolecular Hbond substituents is 1. The number of rotatable bonds is 4. The molecule has 0 saturated carbocycles. The number of aromatic hydroxyl groups is 1. The number of amides is 1. The number of nitrogens with one attached hydrogen (secondary N) is 2. The standard InChI is InChI=1S/C23H18BrN3O4S/c1-12-9-14(11-16(20(12)28)22-26-17-5-3-4-6-19(17)31-22)25-23(32)27-21(29)15-10-13(24)7-8-18(15)30-2/h3-11,28H,1-2H3,(H2,25,27,29,32). The van der Waals surface area contributed by atoms with Crippen molar-refractivity contribution in [3.05, 3.63) is 70.2 Å². The predicted molar refractivity (Wildman–Crippen MR) is 130 cm³/mol. The number of carbonyl (C=O) groups is 1. The quantitative estimate of drug-likeness (QED) is 0.249. The molecule has 7 nitrogen and oxygen atoms in total. The van der Waals surface area contributed by atoms with Gasteiger partial charge in [-0.1, -0.05) is 28.1 Å². The van der Waals surface area contributed by atoms with Crippen LogP contribution in [0.4, 0.5) is 5.69 Å². The third kappa shape index (κ3) is 4.44. The molecule has 32 heavy (non-hydrogen) atoms. The molecule has 0 fully saturated rings. The Bertz CT molecular complexity index is 1320. The molecule has 0 aliphatic carbocycles. The van der Waals surface area contributed by atoms with E-state index >= 15 is 0 Å². The number of fused-ring (bicyclic) bond motifs is 1. The topological polar surface area (TPSA) is 96.6 Å². The highest BCUT2D eigenvalue weighted by atomic mass is 79.9. The molecule has 3 N–H and O–H groups in total. The van der Waals surface area contributed by atoms with E-state index < -0.39 is 5.91 Å². The van der Waals surface area contributed by atoms with Crippen LogP contribution in [0.2, 0.25) is 0 Å². The number of phenols is 1. The molecule has 1 aromatic heterocycles. The van der Waals surface area contributed by atoms with Gasteiger partial charge in [0.2, 0.25) is 5.89 Å². The van der Waals surface area contributed by atoms with Crippen molar-refractivity contribution >= 4 is 56.0 Å². The van der Waals surface area contributed by atoms with E-state index in [0.29, 0.717) is 39.2 Å². The van der Waals surface area contributed by atoms with Gasteiger partial charge in [0.15, 0.2) is 10.7 Å². The van der Waals surface area contributed by atoms with Crippen LogP contribution in [0.25, 0.3) is 22.6 Å². The summed E-state index contributed by atoms with van der Waals surface area (Å²) < 4.78 is 11.8. The van der Waals surface area contributed by atoms with Crippen LogP contribution in [0.15, 0.2) is 63.5 Å². The van der Waals surface area contributed by atoms with Crippen molar-refractivity contribution < 1.29 is 19.1 Å². The molecule has 9 heteroatoms. The molecule has 0 saturated heterocycles. The van der Waals surface area contributed by atoms with E-state index in [4.69, 9.17) is 21.4 Å². The number of methoxy groups -OCH3 is 1. The molecule has 3 aromatic carbocycles. The number of thiocarbonyl (C=S) groups is 1. The Kier molecular flexibility index (Phi) is 6.11. The molecule has 0 atom stereocenters. The fraction of sp³-hybridized carbons (Fsp3) is 0.0870. The normalized spacial score (nSPS) is 10.7. The second-order valence-electron chi connectivity index (χ2n) is 6.93. The minimum absolute atomic E-state index is 0.0518. The van der Waals surface area contributed by atoms with Gasteiger partial charge in [-0.3, -0.25) is 10.1 Å². The molecule has 0 aliphatic heterocycles. The van der Waals surface area contributed by atoms with E-state index in [0.717, 1.165) is 4.47 Å². The van der Waals surface area contributed by atoms with E-state index in [9.17, 15) is 9.90 Å². The zero-order valence-electron chi connectivity index (χ0n) is 17.1. The van der Waals surface area contributed by atoms with Crippen molar-refractivity contribution in [2.24, 2.45) is 0 Å². The third-order valence-electron chi connectivity index (χ3n) is 4.72. The molecule has 1 heterocycles. The first kappa shape index (κ1) is 21.8. The van der Waals surface area contributed by atoms with Gasteiger partial charge in [0.05, 0.1) is 18.2 Å². The number of halogens is 1. The smallest absolute Gasteiger partial charge is 0.261 e. The SMILES string of the molecule is COc1ccc(Br)cc1C(=O)NC(=S)Nc1cc(C)c(O)c(-c2nc3ccccc3o2)c1. The number of carbonyl (C=O) groups excluding carboxylic acids is 1. The summed E-state index contributed by atoms with van der Waals surface area (Å²) in [4.78, 5) is 17.1. The highest BCUT2D eigenvalue weighted by Crippen LogP contribution is 2.36. The maximum Gasteiger partial charge on any atom is 0.261 e. The number of benzene rings is 3. The van der Waals surface area contributed by atoms with Gasteiger partial charge in [-0.25, -0.2) is 4.98 Å². The molecule has 0 aliphatic rings. The molecule has 162 valence electrons. The molecule has 0 spiro atoms. The van der Waals surface area contributed by atoms with Gasteiger partial charge >= 0.3 is 0 Å². The van der Waals surface area contributed by atoms with E-state index in [1.807, 2.05) is 18.2 Å². The minimum Gasteiger partial charge on any atom is -0.507 e. The Morgan fingerprint density at radius 2 is 1.97 bits per heavy atom. The van der Waals surface area contributed by atoms with Crippen LogP contribution in [0, 0.1) is 6.92 Å². The first-order valence-electron chi connectivity index (χ1n) is 9.51. The molecular formula is C23H18BrN3O4S. The van der Waals surface area contributed by atoms with Crippen molar-refractivity contribution in [2.45, 2.75) is 6.92 Å². The fourth-order valence-electron chi connectivity index (χ4n) is 3.19. The lowest BCUT2D eigenvalue weighted by atomic mass is 10.1. The molecular weight excluding hydrogens is 494 g/mol. The summed E-state index contributed by atoms with van der Waals surface area (Å²) in [6, 6.07) is 15.8. The number of hydrogen-bond acceptors (Lipinski definition) is 6. The van der Waals surface area contributed by atoms with Gasteiger partial charge in [-0.2, -0.15) is 0 Å². The Balaban J connectivity index is 1.57. The third-order valence-corrected chi connectivity index (χ3v) is 5.41. The fourth-order valence-corrected chi connectivity index (χ4v) is 3.76. The van der Waals surface area contributed by atoms with Crippen LogP contribution >= 0.6 is 28.1 Å². The maximum atomic E-state index is 12.7. The van der Waals surface area contributed by atoms with E-state index in [2.05, 4.69) is 31.5 Å². The number of anilines is 1. The number of aromatic nitrogens is 1. The number of oxazole rings is 1. The van der Waals surface area contributed by atoms with Crippen molar-refractivity contribution in [2.75, 3.05) is 12.4 Å². The molecule has 4 aromatic rings. The van der Waals surface area contributed by atoms with Crippen LogP contribution in [0.1, 0.15) is 15.9 Å². The molecule has 0 radical (unpaired) electrons. The van der Waals surface area contributed by atoms with E-state index in [-0.39, 0.29) is 16.8 Å². The molecule has 0 unspecified atom stereocenters. The summed E-state index contributed by atoms with van der Waals surface area (Å²) >= 11 is 8.66. The monoisotopic (exact) mass is 511 g/mol. The van der Waals surface area contributed by atoms with Crippen LogP contribution in [-0.4, -0.2) is 28.2 Å². The minimum atomic E-state index is -0.421. The van der Waals surface area contributed by atoms with Crippen molar-refractivity contribution in [3.63, 3.8) is 0 Å². The van der Waals surface area contributed by atoms with Gasteiger partial charge in [0.25, 0.3) is 5.91 Å². The number of nitrogens with zero attached hydrogens (tertiary/aromatic N) is 1. The summed E-state index contributed by atoms with van der Waals surface area (Å²) in [6.07, 6.45) is 0. The summed E-state index contributed by atoms with van der Waals surface area (Å²) in [6.45, 7) is 1.75. The Morgan fingerprint density at radius 1 is 1.19 bits per heavy atom. The first-order chi connectivity index (χ1) is 15.4. The lowest BCUT2D eigenvalue weighted by Gasteiger charge is -2.14. The van der Waals surface area contributed by atoms with Crippen LogP contribution in [0.5, 0.6) is 11.5 Å². The highest BCUT2D eigenvalue weighted by molar-refractivity contribution is 9.10. The van der Waals surface area contributed by atoms with Crippen molar-refractivity contribution in [1.82, 2.24) is 10.3 Å². The summed E-state index contributed by atoms with van der Waals surface area (Å²) in [5, 5.41) is 16.3. The lowest BCUT2D eigenvalue weighted by Crippen LogP contribution is -2.34. The lowest BCUT2D eigenvalue weighted by molar-refractivity contribution is 0.0974. The maximum absolute atomic E-state index is 12.7. The Morgan fingerprint density at radius 3 is 2.72 bits per heavy atom. The van der Waals surface area contributed by atoms with Gasteiger partial charge < -0.3 is 19.6 Å². The Labute approximate surface area is 197 Å². The highest BCUT2D eigenvalue weighted by Gasteiger charge is 2.17. The zero-order chi connectivity index (χ0) is 22.8. The second-order valence-corrected chi connectivity index (χ2v) is 8.25. The van der Waals surface area contributed by atoms with Crippen LogP contribution in [0.3, 0.4) is 0 Å². The average Bonchev–Trinajstić information content (AvgIpc) is 3.20. The van der Waals surface area contributed by atoms with E-state index in [1.54, 1.807) is 43.3 Å². The Hall–Kier alpha value is -3.43. The number of hydrogen-bond donors (Lipinski definition) is 3. The zero-order valence-corrected chi connectivity index (χ0v) is 19.5. The largest absolute Gasteiger partial charge is 0.507 e. The van der Waals surface area contributed by atoms with Gasteiger partial charge in [-0.05, 0) is 67.2 Å². The van der Waals surface area contributed by atoms with Crippen molar-refractivity contribution in [3.8, 4) is 23.0 Å². The first-order valence-corrected chi connectivity index (χ1v) is 10.7. The predicted octanol–water partition coefficient (Wildman–Crippen LogP) is 5.41. The van der Waals surface area contributed by atoms with Gasteiger partial charge in [-0.15, -0.1) is 0 Å². The second kappa shape index (κ2) is 8.97. The number of para-hydroxylation sites is 2. The van der Waals surface area contributed by atoms with E-state index in [1.165, 1.54) is 7.11 Å². The number of ether oxygens (including phenoxy) is 1. The average molecular weight is 512 g/mol. The van der Waals surface area contributed by atoms with Crippen molar-refractivity contribution in [1.29, 1.82) is 0 Å². The summed E-state index contributed by atoms with van der Waals surface area (Å²) in [5.41, 5.74) is 3.19. The molecule has 4 rings (SSSR count). The van der Waals surface area contributed by atoms with Gasteiger partial charge in [0.1, 0.15) is 17.0 Å². The van der Waals surface area contributed by atoms with Crippen LogP contribution < -0.4 is 15.4 Å². The summed E-state index contributed by atoms with van der Waals surface area (Å²) in [7, 11) is 1.49. The molecule has 1 amide bonds. The van der Waals surface area contributed by atoms with Gasteiger partial charge in [0, 0.05) is 10.2 Å². The number of aryl methyl sites for hydroxylation is 1. The van der Waals surface area contributed by atoms with Crippen LogP contribution in [-0.2, 0) is 0 Å². The molecule has 0 bridgehead atoms. The summed E-state index contributed by atoms with van der Waals surface area (Å²) in [5.74, 6) is 0.336.